The Morgan fingerprint density at radius 2 is 0.905 bits per heavy atom. The summed E-state index contributed by atoms with van der Waals surface area (Å²) in [5.74, 6) is 0.384. The summed E-state index contributed by atoms with van der Waals surface area (Å²) in [5.41, 5.74) is 1.04. The van der Waals surface area contributed by atoms with Crippen LogP contribution >= 0.6 is 0 Å². The molecular formula is C30H16N8O2Pt2-6. The Hall–Kier alpha value is -4.88. The molecule has 6 aromatic rings. The van der Waals surface area contributed by atoms with Crippen LogP contribution in [0.5, 0.6) is 23.8 Å². The van der Waals surface area contributed by atoms with E-state index in [9.17, 15) is 0 Å². The Balaban J connectivity index is 0.000000317. The predicted octanol–water partition coefficient (Wildman–Crippen LogP) is 4.27. The van der Waals surface area contributed by atoms with E-state index in [0.29, 0.717) is 11.1 Å². The first-order chi connectivity index (χ1) is 19.7. The number of aromatic nitrogens is 8. The second-order valence-electron chi connectivity index (χ2n) is 7.09. The van der Waals surface area contributed by atoms with Crippen LogP contribution in [-0.2, 0) is 42.1 Å². The van der Waals surface area contributed by atoms with E-state index >= 15 is 0 Å². The minimum absolute atomic E-state index is 0. The summed E-state index contributed by atoms with van der Waals surface area (Å²) in [6.45, 7) is 0. The maximum absolute atomic E-state index is 6.57. The zero-order valence-corrected chi connectivity index (χ0v) is 25.8. The smallest absolute Gasteiger partial charge is 0.321 e. The molecule has 0 aromatic carbocycles. The van der Waals surface area contributed by atoms with Crippen molar-refractivity contribution in [3.05, 3.63) is 135 Å². The van der Waals surface area contributed by atoms with Gasteiger partial charge in [0.05, 0.1) is 11.8 Å². The first-order valence-electron chi connectivity index (χ1n) is 11.3. The van der Waals surface area contributed by atoms with Gasteiger partial charge in [0.15, 0.2) is 0 Å². The molecule has 6 heterocycles. The van der Waals surface area contributed by atoms with Gasteiger partial charge in [0.25, 0.3) is 0 Å². The molecule has 214 valence electrons. The average Bonchev–Trinajstić information content (AvgIpc) is 3.74. The minimum Gasteiger partial charge on any atom is -0.669 e. The van der Waals surface area contributed by atoms with Gasteiger partial charge < -0.3 is 66.8 Å². The number of nitrogens with zero attached hydrogens (tertiary/aromatic N) is 8. The molecule has 10 nitrogen and oxygen atoms in total. The monoisotopic (exact) mass is 910 g/mol. The van der Waals surface area contributed by atoms with Crippen molar-refractivity contribution in [1.82, 2.24) is 39.0 Å². The van der Waals surface area contributed by atoms with Gasteiger partial charge in [-0.2, -0.15) is 0 Å². The summed E-state index contributed by atoms with van der Waals surface area (Å²) in [7, 11) is 0. The van der Waals surface area contributed by atoms with E-state index in [1.165, 1.54) is 12.4 Å². The molecule has 12 heteroatoms. The van der Waals surface area contributed by atoms with Gasteiger partial charge in [-0.05, 0) is 36.4 Å². The Morgan fingerprint density at radius 1 is 0.548 bits per heavy atom. The van der Waals surface area contributed by atoms with Crippen LogP contribution in [0, 0.1) is 49.2 Å². The van der Waals surface area contributed by atoms with Gasteiger partial charge in [0.2, 0.25) is 0 Å². The molecule has 0 saturated heterocycles. The molecule has 0 amide bonds. The van der Waals surface area contributed by atoms with Crippen LogP contribution < -0.4 is 9.47 Å². The van der Waals surface area contributed by atoms with Crippen molar-refractivity contribution in [2.45, 2.75) is 0 Å². The molecule has 0 fully saturated rings. The van der Waals surface area contributed by atoms with E-state index in [0.717, 1.165) is 0 Å². The van der Waals surface area contributed by atoms with Gasteiger partial charge in [0, 0.05) is 91.7 Å². The van der Waals surface area contributed by atoms with Gasteiger partial charge in [-0.15, -0.1) is 12.4 Å². The maximum atomic E-state index is 6.57. The second-order valence-corrected chi connectivity index (χ2v) is 7.09. The third-order valence-corrected chi connectivity index (χ3v) is 4.42. The zero-order chi connectivity index (χ0) is 27.8. The molecule has 42 heavy (non-hydrogen) atoms. The number of rotatable bonds is 5. The Kier molecular flexibility index (Phi) is 14.6. The summed E-state index contributed by atoms with van der Waals surface area (Å²) in [5, 5.41) is 0. The quantitative estimate of drug-likeness (QED) is 0.187. The number of ether oxygens (including phenoxy) is 2. The van der Waals surface area contributed by atoms with E-state index in [1.807, 2.05) is 24.3 Å². The SMILES string of the molecule is [C-]#Cn1cccc1.[C-]#Cn1cccc1.[Pt].[Pt].[c-]1cnc(Oc2ncccn2)[c-]c1-c1[c-]cnc(Oc2ncccn2)[c-]1. The summed E-state index contributed by atoms with van der Waals surface area (Å²) in [4.78, 5) is 24.0. The van der Waals surface area contributed by atoms with E-state index in [2.05, 4.69) is 66.3 Å². The Morgan fingerprint density at radius 3 is 1.21 bits per heavy atom. The van der Waals surface area contributed by atoms with Gasteiger partial charge in [-0.25, -0.2) is 32.0 Å². The molecule has 0 N–H and O–H groups in total. The van der Waals surface area contributed by atoms with Gasteiger partial charge in [-0.1, -0.05) is 0 Å². The topological polar surface area (TPSA) is 106 Å². The summed E-state index contributed by atoms with van der Waals surface area (Å²) in [6.07, 6.45) is 29.3. The van der Waals surface area contributed by atoms with Crippen molar-refractivity contribution >= 4 is 0 Å². The first kappa shape index (κ1) is 33.3. The number of pyridine rings is 2. The van der Waals surface area contributed by atoms with Gasteiger partial charge >= 0.3 is 12.0 Å². The third-order valence-electron chi connectivity index (χ3n) is 4.42. The fourth-order valence-corrected chi connectivity index (χ4v) is 2.70. The van der Waals surface area contributed by atoms with E-state index in [1.54, 1.807) is 70.8 Å². The molecule has 6 rings (SSSR count). The molecule has 0 aliphatic rings. The molecule has 0 spiro atoms. The molecule has 0 aliphatic heterocycles. The van der Waals surface area contributed by atoms with Crippen LogP contribution in [-0.4, -0.2) is 39.0 Å². The van der Waals surface area contributed by atoms with E-state index < -0.39 is 0 Å². The molecule has 0 saturated carbocycles. The molecule has 6 aromatic heterocycles. The molecule has 0 aliphatic carbocycles. The van der Waals surface area contributed by atoms with Crippen LogP contribution in [0.2, 0.25) is 0 Å². The average molecular weight is 911 g/mol. The van der Waals surface area contributed by atoms with Crippen LogP contribution in [0.15, 0.2) is 98.4 Å². The van der Waals surface area contributed by atoms with Crippen LogP contribution in [0.1, 0.15) is 0 Å². The molecule has 0 atom stereocenters. The second kappa shape index (κ2) is 18.5. The van der Waals surface area contributed by atoms with E-state index in [4.69, 9.17) is 22.3 Å². The van der Waals surface area contributed by atoms with E-state index in [-0.39, 0.29) is 65.9 Å². The number of hydrogen-bond donors (Lipinski definition) is 0. The van der Waals surface area contributed by atoms with Crippen molar-refractivity contribution in [1.29, 1.82) is 0 Å². The van der Waals surface area contributed by atoms with Crippen molar-refractivity contribution < 1.29 is 51.6 Å². The maximum Gasteiger partial charge on any atom is 0.321 e. The van der Waals surface area contributed by atoms with Crippen molar-refractivity contribution in [2.75, 3.05) is 0 Å². The van der Waals surface area contributed by atoms with Crippen molar-refractivity contribution in [2.24, 2.45) is 0 Å². The molecule has 0 unspecified atom stereocenters. The van der Waals surface area contributed by atoms with Crippen molar-refractivity contribution in [3.63, 3.8) is 0 Å². The Bertz CT molecular complexity index is 1540. The third kappa shape index (κ3) is 10.9. The largest absolute Gasteiger partial charge is 0.669 e. The van der Waals surface area contributed by atoms with Crippen LogP contribution in [0.3, 0.4) is 0 Å². The van der Waals surface area contributed by atoms with Gasteiger partial charge in [-0.3, -0.25) is 9.97 Å². The normalized spacial score (nSPS) is 9.00. The fraction of sp³-hybridized carbons (Fsp3) is 0. The van der Waals surface area contributed by atoms with Crippen LogP contribution in [0.4, 0.5) is 0 Å². The Labute approximate surface area is 271 Å². The summed E-state index contributed by atoms with van der Waals surface area (Å²) >= 11 is 0. The van der Waals surface area contributed by atoms with Crippen LogP contribution in [0.25, 0.3) is 11.1 Å². The molecular weight excluding hydrogens is 895 g/mol. The first-order valence-corrected chi connectivity index (χ1v) is 11.3. The summed E-state index contributed by atoms with van der Waals surface area (Å²) < 4.78 is 14.0. The number of hydrogen-bond acceptors (Lipinski definition) is 8. The summed E-state index contributed by atoms with van der Waals surface area (Å²) in [6, 6.07) is 27.2. The standard InChI is InChI=1S/C18H8N6O2.2C6H4N.2Pt/c1-5-21-17(22-6-1)25-15-11-13(3-9-19-15)14-4-10-20-16(12-14)26-18-23-7-2-8-24-18;2*1-2-7-5-3-4-6-7;;/h1-2,5-10H;2*3-6H;;/q-4;2*-1;;. The predicted molar refractivity (Wildman–Crippen MR) is 141 cm³/mol. The zero-order valence-electron chi connectivity index (χ0n) is 21.3. The molecule has 0 bridgehead atoms. The van der Waals surface area contributed by atoms with Gasteiger partial charge in [0.1, 0.15) is 0 Å². The fourth-order valence-electron chi connectivity index (χ4n) is 2.70. The molecule has 0 radical (unpaired) electrons. The van der Waals surface area contributed by atoms with Crippen molar-refractivity contribution in [3.8, 4) is 47.0 Å². The minimum atomic E-state index is 0.